The first-order valence-corrected chi connectivity index (χ1v) is 1.91. The Hall–Kier alpha value is 0.722. The second-order valence-corrected chi connectivity index (χ2v) is 1.49. The Balaban J connectivity index is 0. The molecule has 0 unspecified atom stereocenters. The van der Waals surface area contributed by atoms with E-state index in [1.165, 1.54) is 19.1 Å². The molecule has 0 heterocycles. The van der Waals surface area contributed by atoms with Gasteiger partial charge >= 0.3 is 31.1 Å². The van der Waals surface area contributed by atoms with Gasteiger partial charge in [-0.3, -0.25) is 0 Å². The van der Waals surface area contributed by atoms with Crippen molar-refractivity contribution in [2.75, 3.05) is 0 Å². The van der Waals surface area contributed by atoms with Crippen molar-refractivity contribution < 1.29 is 31.1 Å². The van der Waals surface area contributed by atoms with Crippen LogP contribution in [-0.4, -0.2) is 6.21 Å². The van der Waals surface area contributed by atoms with E-state index in [1.54, 1.807) is 0 Å². The van der Waals surface area contributed by atoms with Gasteiger partial charge in [-0.2, -0.15) is 0 Å². The monoisotopic (exact) mass is 321 g/mol. The minimum Gasteiger partial charge on any atom is -0.814 e. The third kappa shape index (κ3) is 4.58. The van der Waals surface area contributed by atoms with E-state index in [9.17, 15) is 0 Å². The van der Waals surface area contributed by atoms with Crippen molar-refractivity contribution in [2.45, 2.75) is 12.8 Å². The van der Waals surface area contributed by atoms with Gasteiger partial charge in [0.05, 0.1) is 0 Å². The summed E-state index contributed by atoms with van der Waals surface area (Å²) in [7, 11) is 0. The first-order chi connectivity index (χ1) is 2.43. The molecule has 0 N–H and O–H groups in total. The van der Waals surface area contributed by atoms with Crippen LogP contribution in [0.5, 0.6) is 0 Å². The fourth-order valence-corrected chi connectivity index (χ4v) is 0.245. The molecule has 0 amide bonds. The largest absolute Gasteiger partial charge is 2.00 e. The van der Waals surface area contributed by atoms with E-state index in [1.807, 2.05) is 0 Å². The smallest absolute Gasteiger partial charge is 0.814 e. The molecule has 1 nitrogen and oxygen atoms in total. The van der Waals surface area contributed by atoms with Crippen LogP contribution in [0.25, 0.3) is 5.41 Å². The Morgan fingerprint density at radius 3 is 1.86 bits per heavy atom. The van der Waals surface area contributed by atoms with Crippen molar-refractivity contribution in [1.29, 1.82) is 0 Å². The van der Waals surface area contributed by atoms with Crippen molar-refractivity contribution in [1.82, 2.24) is 0 Å². The van der Waals surface area contributed by atoms with Gasteiger partial charge in [-0.05, 0) is 18.8 Å². The van der Waals surface area contributed by atoms with E-state index in [-0.39, 0.29) is 38.5 Å². The van der Waals surface area contributed by atoms with Gasteiger partial charge in [0, 0.05) is 0 Å². The van der Waals surface area contributed by atoms with Crippen LogP contribution in [0.1, 0.15) is 12.8 Å². The molecule has 2 heteroatoms. The molecule has 0 saturated heterocycles. The molecule has 0 spiro atoms. The summed E-state index contributed by atoms with van der Waals surface area (Å²) < 4.78 is 0. The fourth-order valence-electron chi connectivity index (χ4n) is 0.245. The topological polar surface area (TPSA) is 22.3 Å². The molecule has 0 aromatic carbocycles. The minimum absolute atomic E-state index is 0. The van der Waals surface area contributed by atoms with Crippen LogP contribution in [-0.2, 0) is 0 Å². The summed E-state index contributed by atoms with van der Waals surface area (Å²) in [6.45, 7) is 0. The van der Waals surface area contributed by atoms with Gasteiger partial charge in [0.15, 0.2) is 0 Å². The molecular weight excluding hydrogens is 312 g/mol. The number of hydrogen-bond acceptors (Lipinski definition) is 0. The summed E-state index contributed by atoms with van der Waals surface area (Å²) in [6.07, 6.45) is 3.69. The fraction of sp³-hybridized carbons (Fsp3) is 0.600. The van der Waals surface area contributed by atoms with Crippen molar-refractivity contribution in [2.24, 2.45) is 5.92 Å². The maximum Gasteiger partial charge on any atom is 2.00 e. The molecule has 0 radical (unpaired) electrons. The van der Waals surface area contributed by atoms with Gasteiger partial charge in [-0.15, -0.1) is 0 Å². The predicted octanol–water partition coefficient (Wildman–Crippen LogP) is 1.49. The van der Waals surface area contributed by atoms with E-state index in [0.29, 0.717) is 5.92 Å². The number of rotatable bonds is 1. The van der Waals surface area contributed by atoms with Crippen molar-refractivity contribution in [3.8, 4) is 0 Å². The molecule has 38 valence electrons. The van der Waals surface area contributed by atoms with Crippen LogP contribution in [0.3, 0.4) is 0 Å². The number of nitrogens with zero attached hydrogens (tertiary/aromatic N) is 1. The summed E-state index contributed by atoms with van der Waals surface area (Å²) in [5, 5.41) is 8.08. The molecule has 0 aromatic rings. The van der Waals surface area contributed by atoms with Crippen LogP contribution < -0.4 is 0 Å². The third-order valence-electron chi connectivity index (χ3n) is 0.833. The summed E-state index contributed by atoms with van der Waals surface area (Å²) >= 11 is 0. The zero-order valence-electron chi connectivity index (χ0n) is 4.52. The molecule has 0 aliphatic heterocycles. The molecule has 1 rings (SSSR count). The van der Waals surface area contributed by atoms with Crippen LogP contribution in [0, 0.1) is 44.5 Å². The maximum absolute atomic E-state index is 8.08. The van der Waals surface area contributed by atoms with Crippen molar-refractivity contribution in [3.63, 3.8) is 0 Å². The van der Waals surface area contributed by atoms with Gasteiger partial charge < -0.3 is 12.8 Å². The Kier molecular flexibility index (Phi) is 7.42. The normalized spacial score (nSPS) is 16.0. The van der Waals surface area contributed by atoms with E-state index < -0.39 is 0 Å². The summed E-state index contributed by atoms with van der Waals surface area (Å²) in [4.78, 5) is 0. The zero-order chi connectivity index (χ0) is 3.70. The van der Waals surface area contributed by atoms with Crippen molar-refractivity contribution >= 4 is 6.21 Å². The van der Waals surface area contributed by atoms with Gasteiger partial charge in [0.2, 0.25) is 0 Å². The SMILES string of the molecule is [CH3-].[N-]=CC1CC1.[U+2]. The third-order valence-corrected chi connectivity index (χ3v) is 0.833. The molecule has 0 bridgehead atoms. The standard InChI is InChI=1S/C4H6N.CH3.U/c5-3-4-1-2-4;;/h3-4H,1-2H2;1H3;/q2*-1;+2. The molecular formula is C5H9NU. The summed E-state index contributed by atoms with van der Waals surface area (Å²) in [5.41, 5.74) is 0. The second kappa shape index (κ2) is 4.87. The zero-order valence-corrected chi connectivity index (χ0v) is 8.68. The van der Waals surface area contributed by atoms with E-state index >= 15 is 0 Å². The molecule has 7 heavy (non-hydrogen) atoms. The van der Waals surface area contributed by atoms with Gasteiger partial charge in [0.25, 0.3) is 0 Å². The van der Waals surface area contributed by atoms with Gasteiger partial charge in [-0.25, -0.2) is 6.21 Å². The Bertz CT molecular complexity index is 50.0. The minimum atomic E-state index is 0. The van der Waals surface area contributed by atoms with Gasteiger partial charge in [-0.1, -0.05) is 0 Å². The Morgan fingerprint density at radius 1 is 1.43 bits per heavy atom. The summed E-state index contributed by atoms with van der Waals surface area (Å²) in [5.74, 6) is 0.565. The maximum atomic E-state index is 8.08. The summed E-state index contributed by atoms with van der Waals surface area (Å²) in [6, 6.07) is 0. The van der Waals surface area contributed by atoms with Crippen LogP contribution in [0.2, 0.25) is 0 Å². The average Bonchev–Trinajstić information content (AvgIpc) is 2.12. The Labute approximate surface area is 68.8 Å². The van der Waals surface area contributed by atoms with Crippen LogP contribution in [0.4, 0.5) is 0 Å². The molecule has 0 atom stereocenters. The molecule has 0 aromatic heterocycles. The molecule has 1 aliphatic carbocycles. The quantitative estimate of drug-likeness (QED) is 0.516. The van der Waals surface area contributed by atoms with Crippen LogP contribution in [0.15, 0.2) is 0 Å². The van der Waals surface area contributed by atoms with Crippen LogP contribution >= 0.6 is 0 Å². The van der Waals surface area contributed by atoms with E-state index in [4.69, 9.17) is 5.41 Å². The second-order valence-electron chi connectivity index (χ2n) is 1.49. The van der Waals surface area contributed by atoms with E-state index in [0.717, 1.165) is 0 Å². The first-order valence-electron chi connectivity index (χ1n) is 1.91. The van der Waals surface area contributed by atoms with Gasteiger partial charge in [0.1, 0.15) is 0 Å². The molecule has 1 saturated carbocycles. The van der Waals surface area contributed by atoms with E-state index in [2.05, 4.69) is 0 Å². The number of hydrogen-bond donors (Lipinski definition) is 0. The molecule has 1 aliphatic rings. The Morgan fingerprint density at radius 2 is 1.86 bits per heavy atom. The van der Waals surface area contributed by atoms with Crippen molar-refractivity contribution in [3.05, 3.63) is 12.8 Å². The predicted molar refractivity (Wildman–Crippen MR) is 28.6 cm³/mol. The molecule has 1 fully saturated rings. The average molecular weight is 321 g/mol. The first kappa shape index (κ1) is 10.7.